The number of piperidine rings is 1. The molecule has 11 nitrogen and oxygen atoms in total. The third-order valence-corrected chi connectivity index (χ3v) is 11.3. The molecule has 0 amide bonds. The molecule has 2 aliphatic rings. The summed E-state index contributed by atoms with van der Waals surface area (Å²) in [7, 11) is -0.626. The van der Waals surface area contributed by atoms with Gasteiger partial charge in [-0.05, 0) is 61.6 Å². The molecule has 2 heterocycles. The van der Waals surface area contributed by atoms with E-state index in [4.69, 9.17) is 23.7 Å². The van der Waals surface area contributed by atoms with Crippen molar-refractivity contribution in [3.05, 3.63) is 89.5 Å². The number of aliphatic carboxylic acids is 1. The highest BCUT2D eigenvalue weighted by Gasteiger charge is 2.43. The molecule has 3 aromatic rings. The molecule has 0 bridgehead atoms. The van der Waals surface area contributed by atoms with Gasteiger partial charge in [-0.3, -0.25) is 4.79 Å². The summed E-state index contributed by atoms with van der Waals surface area (Å²) in [6.45, 7) is 5.74. The number of hydrogen-bond donors (Lipinski definition) is 1. The largest absolute Gasteiger partial charge is 0.484 e. The minimum absolute atomic E-state index is 0.0773. The molecule has 1 unspecified atom stereocenters. The number of hydrogen-bond acceptors (Lipinski definition) is 9. The van der Waals surface area contributed by atoms with Gasteiger partial charge in [-0.1, -0.05) is 54.1 Å². The first-order valence-corrected chi connectivity index (χ1v) is 18.7. The maximum Gasteiger partial charge on any atom is 0.303 e. The van der Waals surface area contributed by atoms with E-state index in [-0.39, 0.29) is 42.9 Å². The summed E-state index contributed by atoms with van der Waals surface area (Å²) in [5.74, 6) is -0.365. The quantitative estimate of drug-likeness (QED) is 0.175. The molecular weight excluding hydrogens is 660 g/mol. The van der Waals surface area contributed by atoms with Crippen LogP contribution < -0.4 is 9.64 Å². The van der Waals surface area contributed by atoms with E-state index in [1.165, 1.54) is 4.31 Å². The Morgan fingerprint density at radius 1 is 0.940 bits per heavy atom. The van der Waals surface area contributed by atoms with Crippen LogP contribution in [0, 0.1) is 6.92 Å². The van der Waals surface area contributed by atoms with Crippen LogP contribution in [0.15, 0.2) is 77.7 Å². The van der Waals surface area contributed by atoms with E-state index in [9.17, 15) is 18.3 Å². The van der Waals surface area contributed by atoms with Crippen LogP contribution in [0.5, 0.6) is 5.75 Å². The van der Waals surface area contributed by atoms with Gasteiger partial charge in [0.2, 0.25) is 10.0 Å². The molecule has 0 saturated carbocycles. The maximum atomic E-state index is 14.2. The number of ether oxygens (including phenoxy) is 5. The fourth-order valence-electron chi connectivity index (χ4n) is 6.73. The number of nitrogens with zero attached hydrogens (tertiary/aromatic N) is 2. The molecule has 5 rings (SSSR count). The Hall–Kier alpha value is -3.52. The smallest absolute Gasteiger partial charge is 0.303 e. The van der Waals surface area contributed by atoms with Gasteiger partial charge >= 0.3 is 5.97 Å². The number of benzene rings is 3. The Kier molecular flexibility index (Phi) is 13.7. The lowest BCUT2D eigenvalue weighted by atomic mass is 9.82. The number of rotatable bonds is 18. The predicted molar refractivity (Wildman–Crippen MR) is 190 cm³/mol. The lowest BCUT2D eigenvalue weighted by Gasteiger charge is -2.44. The van der Waals surface area contributed by atoms with Crippen LogP contribution in [0.4, 0.5) is 5.69 Å². The number of anilines is 1. The Bertz CT molecular complexity index is 1620. The van der Waals surface area contributed by atoms with Crippen molar-refractivity contribution in [2.45, 2.75) is 68.3 Å². The number of carboxylic acids is 1. The van der Waals surface area contributed by atoms with Crippen LogP contribution in [0.1, 0.15) is 48.3 Å². The Morgan fingerprint density at radius 3 is 2.40 bits per heavy atom. The van der Waals surface area contributed by atoms with Crippen LogP contribution in [0.25, 0.3) is 0 Å². The van der Waals surface area contributed by atoms with Gasteiger partial charge in [0.1, 0.15) is 11.9 Å². The van der Waals surface area contributed by atoms with Crippen LogP contribution in [-0.2, 0) is 40.4 Å². The first-order chi connectivity index (χ1) is 24.2. The lowest BCUT2D eigenvalue weighted by molar-refractivity contribution is -0.137. The maximum absolute atomic E-state index is 14.2. The van der Waals surface area contributed by atoms with Crippen molar-refractivity contribution in [2.24, 2.45) is 0 Å². The molecular formula is C38H50N2O9S. The average molecular weight is 711 g/mol. The van der Waals surface area contributed by atoms with Crippen LogP contribution in [0.3, 0.4) is 0 Å². The highest BCUT2D eigenvalue weighted by atomic mass is 32.2. The number of carbonyl (C=O) groups is 1. The summed E-state index contributed by atoms with van der Waals surface area (Å²) in [6.07, 6.45) is 0.516. The van der Waals surface area contributed by atoms with E-state index in [1.807, 2.05) is 55.5 Å². The second-order valence-corrected chi connectivity index (χ2v) is 14.9. The molecule has 2 aliphatic heterocycles. The molecule has 0 aromatic heterocycles. The molecule has 272 valence electrons. The average Bonchev–Trinajstić information content (AvgIpc) is 3.12. The summed E-state index contributed by atoms with van der Waals surface area (Å²) < 4.78 is 59.1. The molecule has 12 heteroatoms. The van der Waals surface area contributed by atoms with Gasteiger partial charge in [0, 0.05) is 52.3 Å². The second-order valence-electron chi connectivity index (χ2n) is 13.0. The standard InChI is InChI=1S/C38H50N2O9S/c1-28-9-16-33(17-10-28)50(43,44)40-25-37(48-27-32-24-39(19-6-20-45-2)35-7-4-5-8-36(35)49-32)34(23-31(40)15-18-38(41)42)30-13-11-29(12-14-30)26-47-22-21-46-3/h4-5,7-14,16-17,31-32,34,37H,6,15,18-27H2,1-3H3,(H,41,42)/t31-,32?,34+,37-/m0/s1. The summed E-state index contributed by atoms with van der Waals surface area (Å²) in [5.41, 5.74) is 3.98. The molecule has 1 saturated heterocycles. The van der Waals surface area contributed by atoms with Crippen LogP contribution in [-0.4, -0.2) is 102 Å². The SMILES string of the molecule is COCCCN1CC(CO[C@H]2CN(S(=O)(=O)c3ccc(C)cc3)[C@@H](CCC(=O)O)C[C@@H]2c2ccc(COCCOC)cc2)Oc2ccccc21. The first kappa shape index (κ1) is 37.7. The Balaban J connectivity index is 1.41. The molecule has 3 aromatic carbocycles. The zero-order valence-corrected chi connectivity index (χ0v) is 30.1. The minimum Gasteiger partial charge on any atom is -0.484 e. The Morgan fingerprint density at radius 2 is 1.68 bits per heavy atom. The summed E-state index contributed by atoms with van der Waals surface area (Å²) in [4.78, 5) is 14.2. The molecule has 1 N–H and O–H groups in total. The highest BCUT2D eigenvalue weighted by Crippen LogP contribution is 2.39. The molecule has 0 aliphatic carbocycles. The van der Waals surface area contributed by atoms with E-state index in [1.54, 1.807) is 38.5 Å². The number of sulfonamides is 1. The third-order valence-electron chi connectivity index (χ3n) is 9.37. The number of para-hydroxylation sites is 2. The van der Waals surface area contributed by atoms with Gasteiger partial charge in [0.15, 0.2) is 0 Å². The molecule has 0 radical (unpaired) electrons. The van der Waals surface area contributed by atoms with Gasteiger partial charge < -0.3 is 33.7 Å². The van der Waals surface area contributed by atoms with Gasteiger partial charge in [-0.15, -0.1) is 0 Å². The fraction of sp³-hybridized carbons (Fsp3) is 0.500. The molecule has 4 atom stereocenters. The first-order valence-electron chi connectivity index (χ1n) is 17.3. The van der Waals surface area contributed by atoms with E-state index >= 15 is 0 Å². The van der Waals surface area contributed by atoms with E-state index in [0.29, 0.717) is 39.4 Å². The highest BCUT2D eigenvalue weighted by molar-refractivity contribution is 7.89. The van der Waals surface area contributed by atoms with Gasteiger partial charge in [0.25, 0.3) is 0 Å². The van der Waals surface area contributed by atoms with Crippen LogP contribution in [0.2, 0.25) is 0 Å². The van der Waals surface area contributed by atoms with Crippen LogP contribution >= 0.6 is 0 Å². The van der Waals surface area contributed by atoms with Crippen molar-refractivity contribution >= 4 is 21.7 Å². The molecule has 1 fully saturated rings. The van der Waals surface area contributed by atoms with E-state index in [0.717, 1.165) is 41.1 Å². The number of fused-ring (bicyclic) bond motifs is 1. The third kappa shape index (κ3) is 9.83. The van der Waals surface area contributed by atoms with Crippen molar-refractivity contribution in [2.75, 3.05) is 65.2 Å². The number of methoxy groups -OCH3 is 2. The topological polar surface area (TPSA) is 124 Å². The zero-order chi connectivity index (χ0) is 35.5. The molecule has 50 heavy (non-hydrogen) atoms. The van der Waals surface area contributed by atoms with Crippen molar-refractivity contribution < 1.29 is 42.0 Å². The predicted octanol–water partition coefficient (Wildman–Crippen LogP) is 5.26. The minimum atomic E-state index is -3.96. The van der Waals surface area contributed by atoms with Crippen molar-refractivity contribution in [3.8, 4) is 5.75 Å². The van der Waals surface area contributed by atoms with Gasteiger partial charge in [-0.2, -0.15) is 4.31 Å². The van der Waals surface area contributed by atoms with Crippen molar-refractivity contribution in [3.63, 3.8) is 0 Å². The molecule has 0 spiro atoms. The lowest BCUT2D eigenvalue weighted by Crippen LogP contribution is -2.53. The van der Waals surface area contributed by atoms with E-state index < -0.39 is 28.1 Å². The zero-order valence-electron chi connectivity index (χ0n) is 29.2. The van der Waals surface area contributed by atoms with Crippen molar-refractivity contribution in [1.29, 1.82) is 0 Å². The fourth-order valence-corrected chi connectivity index (χ4v) is 8.41. The monoisotopic (exact) mass is 710 g/mol. The van der Waals surface area contributed by atoms with Gasteiger partial charge in [-0.25, -0.2) is 8.42 Å². The summed E-state index contributed by atoms with van der Waals surface area (Å²) in [6, 6.07) is 22.3. The second kappa shape index (κ2) is 18.1. The Labute approximate surface area is 296 Å². The van der Waals surface area contributed by atoms with Crippen molar-refractivity contribution in [1.82, 2.24) is 4.31 Å². The summed E-state index contributed by atoms with van der Waals surface area (Å²) in [5, 5.41) is 9.60. The number of aryl methyl sites for hydroxylation is 1. The normalized spacial score (nSPS) is 21.1. The van der Waals surface area contributed by atoms with Gasteiger partial charge in [0.05, 0.1) is 49.7 Å². The van der Waals surface area contributed by atoms with E-state index in [2.05, 4.69) is 4.90 Å². The summed E-state index contributed by atoms with van der Waals surface area (Å²) >= 11 is 0. The number of carboxylic acid groups (broad SMARTS) is 1.